The molecule has 0 N–H and O–H groups in total. The Balaban J connectivity index is 2.48. The minimum atomic E-state index is -2.09. The zero-order valence-corrected chi connectivity index (χ0v) is 6.09. The lowest BCUT2D eigenvalue weighted by atomic mass is 10.9. The van der Waals surface area contributed by atoms with Gasteiger partial charge in [-0.1, -0.05) is 0 Å². The van der Waals surface area contributed by atoms with Crippen molar-refractivity contribution in [2.24, 2.45) is 0 Å². The Morgan fingerprint density at radius 3 is 2.12 bits per heavy atom. The fraction of sp³-hybridized carbons (Fsp3) is 1.00. The molecular formula is C3H3Cl2O2S-. The van der Waals surface area contributed by atoms with Crippen molar-refractivity contribution in [1.29, 1.82) is 0 Å². The summed E-state index contributed by atoms with van der Waals surface area (Å²) < 4.78 is 19.0. The summed E-state index contributed by atoms with van der Waals surface area (Å²) in [6.45, 7) is 0. The molecule has 2 unspecified atom stereocenters. The molecule has 2 nitrogen and oxygen atoms in total. The molecule has 0 saturated heterocycles. The van der Waals surface area contributed by atoms with Crippen LogP contribution in [0.2, 0.25) is 0 Å². The maximum Gasteiger partial charge on any atom is 0.132 e. The molecule has 5 heteroatoms. The first-order valence-electron chi connectivity index (χ1n) is 2.00. The monoisotopic (exact) mass is 173 g/mol. The molecule has 0 bridgehead atoms. The largest absolute Gasteiger partial charge is 0.772 e. The van der Waals surface area contributed by atoms with Crippen molar-refractivity contribution in [2.75, 3.05) is 0 Å². The maximum atomic E-state index is 10.0. The lowest BCUT2D eigenvalue weighted by Crippen LogP contribution is -2.02. The van der Waals surface area contributed by atoms with Crippen molar-refractivity contribution in [3.63, 3.8) is 0 Å². The van der Waals surface area contributed by atoms with Crippen LogP contribution < -0.4 is 0 Å². The number of rotatable bonds is 1. The fourth-order valence-corrected chi connectivity index (χ4v) is 2.01. The van der Waals surface area contributed by atoms with E-state index < -0.39 is 20.7 Å². The second-order valence-electron chi connectivity index (χ2n) is 1.71. The topological polar surface area (TPSA) is 40.1 Å². The molecular weight excluding hydrogens is 171 g/mol. The predicted molar refractivity (Wildman–Crippen MR) is 31.8 cm³/mol. The summed E-state index contributed by atoms with van der Waals surface area (Å²) >= 11 is 8.66. The highest BCUT2D eigenvalue weighted by Crippen LogP contribution is 2.49. The first-order valence-corrected chi connectivity index (χ1v) is 3.89. The number of alkyl halides is 2. The third-order valence-electron chi connectivity index (χ3n) is 1.00. The summed E-state index contributed by atoms with van der Waals surface area (Å²) in [4.78, 5) is 0. The highest BCUT2D eigenvalue weighted by atomic mass is 35.5. The molecule has 0 amide bonds. The Morgan fingerprint density at radius 2 is 2.12 bits per heavy atom. The van der Waals surface area contributed by atoms with Crippen molar-refractivity contribution >= 4 is 34.3 Å². The normalized spacial score (nSPS) is 36.6. The summed E-state index contributed by atoms with van der Waals surface area (Å²) in [7, 11) is 0. The van der Waals surface area contributed by atoms with Gasteiger partial charge in [0, 0.05) is 0 Å². The van der Waals surface area contributed by atoms with Crippen LogP contribution in [-0.2, 0) is 11.1 Å². The third-order valence-corrected chi connectivity index (χ3v) is 3.13. The highest BCUT2D eigenvalue weighted by Gasteiger charge is 2.52. The SMILES string of the molecule is O=S([O-])C1CC1(Cl)Cl. The van der Waals surface area contributed by atoms with Gasteiger partial charge in [-0.2, -0.15) is 0 Å². The molecule has 0 aromatic carbocycles. The van der Waals surface area contributed by atoms with Crippen LogP contribution in [0.1, 0.15) is 6.42 Å². The Morgan fingerprint density at radius 1 is 1.75 bits per heavy atom. The Hall–Kier alpha value is 0.690. The zero-order chi connectivity index (χ0) is 6.36. The first kappa shape index (κ1) is 6.81. The minimum absolute atomic E-state index is 0.367. The molecule has 1 saturated carbocycles. The standard InChI is InChI=1S/C3H4Cl2O2S/c4-3(5)1-2(3)8(6)7/h2H,1H2,(H,6,7)/p-1. The van der Waals surface area contributed by atoms with Crippen LogP contribution in [0.15, 0.2) is 0 Å². The van der Waals surface area contributed by atoms with Crippen molar-refractivity contribution in [2.45, 2.75) is 16.0 Å². The van der Waals surface area contributed by atoms with Crippen LogP contribution in [0.25, 0.3) is 0 Å². The molecule has 8 heavy (non-hydrogen) atoms. The van der Waals surface area contributed by atoms with E-state index in [1.54, 1.807) is 0 Å². The average molecular weight is 174 g/mol. The van der Waals surface area contributed by atoms with Gasteiger partial charge in [0.15, 0.2) is 0 Å². The lowest BCUT2D eigenvalue weighted by Gasteiger charge is -2.01. The van der Waals surface area contributed by atoms with Crippen molar-refractivity contribution in [3.8, 4) is 0 Å². The van der Waals surface area contributed by atoms with Gasteiger partial charge < -0.3 is 4.55 Å². The van der Waals surface area contributed by atoms with Gasteiger partial charge in [-0.05, 0) is 17.5 Å². The van der Waals surface area contributed by atoms with Crippen LogP contribution in [0.5, 0.6) is 0 Å². The molecule has 0 heterocycles. The molecule has 1 aliphatic rings. The smallest absolute Gasteiger partial charge is 0.132 e. The summed E-state index contributed by atoms with van der Waals surface area (Å²) in [6, 6.07) is 0. The summed E-state index contributed by atoms with van der Waals surface area (Å²) in [6.07, 6.45) is 0.367. The van der Waals surface area contributed by atoms with E-state index in [0.717, 1.165) is 0 Å². The molecule has 1 rings (SSSR count). The Kier molecular flexibility index (Phi) is 1.56. The van der Waals surface area contributed by atoms with Crippen LogP contribution in [0, 0.1) is 0 Å². The predicted octanol–water partition coefficient (Wildman–Crippen LogP) is 0.812. The van der Waals surface area contributed by atoms with E-state index >= 15 is 0 Å². The van der Waals surface area contributed by atoms with E-state index in [9.17, 15) is 8.76 Å². The lowest BCUT2D eigenvalue weighted by molar-refractivity contribution is 0.535. The van der Waals surface area contributed by atoms with E-state index in [4.69, 9.17) is 23.2 Å². The van der Waals surface area contributed by atoms with Gasteiger partial charge in [0.05, 0.1) is 5.25 Å². The van der Waals surface area contributed by atoms with Crippen molar-refractivity contribution < 1.29 is 8.76 Å². The molecule has 0 aromatic rings. The Labute approximate surface area is 59.4 Å². The molecule has 0 aromatic heterocycles. The van der Waals surface area contributed by atoms with E-state index in [1.807, 2.05) is 0 Å². The van der Waals surface area contributed by atoms with Gasteiger partial charge in [0.1, 0.15) is 4.33 Å². The molecule has 0 radical (unpaired) electrons. The van der Waals surface area contributed by atoms with E-state index in [2.05, 4.69) is 0 Å². The third kappa shape index (κ3) is 1.16. The van der Waals surface area contributed by atoms with Crippen molar-refractivity contribution in [1.82, 2.24) is 0 Å². The minimum Gasteiger partial charge on any atom is -0.772 e. The second-order valence-corrected chi connectivity index (χ2v) is 4.35. The molecule has 2 atom stereocenters. The summed E-state index contributed by atoms with van der Waals surface area (Å²) in [5.74, 6) is 0. The van der Waals surface area contributed by atoms with Crippen LogP contribution in [0.3, 0.4) is 0 Å². The zero-order valence-electron chi connectivity index (χ0n) is 3.77. The van der Waals surface area contributed by atoms with Gasteiger partial charge in [-0.25, -0.2) is 0 Å². The number of hydrogen-bond acceptors (Lipinski definition) is 2. The molecule has 1 aliphatic carbocycles. The highest BCUT2D eigenvalue weighted by molar-refractivity contribution is 7.80. The van der Waals surface area contributed by atoms with Gasteiger partial charge in [0.25, 0.3) is 0 Å². The van der Waals surface area contributed by atoms with Crippen LogP contribution in [-0.4, -0.2) is 18.3 Å². The quantitative estimate of drug-likeness (QED) is 0.436. The maximum absolute atomic E-state index is 10.0. The van der Waals surface area contributed by atoms with Gasteiger partial charge in [0.2, 0.25) is 0 Å². The molecule has 0 spiro atoms. The van der Waals surface area contributed by atoms with Crippen LogP contribution >= 0.6 is 23.2 Å². The summed E-state index contributed by atoms with van der Waals surface area (Å²) in [5.41, 5.74) is 0. The molecule has 0 aliphatic heterocycles. The molecule has 48 valence electrons. The second kappa shape index (κ2) is 1.84. The Bertz CT molecular complexity index is 135. The first-order chi connectivity index (χ1) is 3.54. The van der Waals surface area contributed by atoms with Gasteiger partial charge in [-0.15, -0.1) is 23.2 Å². The average Bonchev–Trinajstić information content (AvgIpc) is 2.13. The molecule has 1 fully saturated rings. The van der Waals surface area contributed by atoms with Crippen molar-refractivity contribution in [3.05, 3.63) is 0 Å². The number of hydrogen-bond donors (Lipinski definition) is 0. The van der Waals surface area contributed by atoms with E-state index in [1.165, 1.54) is 0 Å². The fourth-order valence-electron chi connectivity index (χ4n) is 0.397. The van der Waals surface area contributed by atoms with Gasteiger partial charge >= 0.3 is 0 Å². The van der Waals surface area contributed by atoms with E-state index in [0.29, 0.717) is 6.42 Å². The summed E-state index contributed by atoms with van der Waals surface area (Å²) in [5, 5.41) is -0.536. The van der Waals surface area contributed by atoms with Gasteiger partial charge in [-0.3, -0.25) is 4.21 Å². The van der Waals surface area contributed by atoms with Crippen LogP contribution in [0.4, 0.5) is 0 Å². The van der Waals surface area contributed by atoms with E-state index in [-0.39, 0.29) is 0 Å². The number of halogens is 2.